The summed E-state index contributed by atoms with van der Waals surface area (Å²) in [5, 5.41) is 11.1. The Bertz CT molecular complexity index is 908. The van der Waals surface area contributed by atoms with Crippen molar-refractivity contribution in [2.45, 2.75) is 48.4 Å². The minimum Gasteiger partial charge on any atom is -0.495 e. The average Bonchev–Trinajstić information content (AvgIpc) is 3.04. The molecule has 2 aromatic rings. The second-order valence-electron chi connectivity index (χ2n) is 7.90. The first-order chi connectivity index (χ1) is 14.5. The predicted octanol–water partition coefficient (Wildman–Crippen LogP) is 3.11. The number of piperidine rings is 1. The molecule has 4 rings (SSSR count). The molecule has 2 fully saturated rings. The SMILES string of the molecule is COc1cccc(Sc2cnc(N3CCC4(CC3)CO[C@@H](C)[C@H]4N)c(CO)n2)c1Cl. The number of hydrogen-bond acceptors (Lipinski definition) is 8. The maximum Gasteiger partial charge on any atom is 0.152 e. The van der Waals surface area contributed by atoms with Crippen molar-refractivity contribution in [2.24, 2.45) is 11.1 Å². The lowest BCUT2D eigenvalue weighted by Crippen LogP contribution is -2.51. The monoisotopic (exact) mass is 450 g/mol. The Kier molecular flexibility index (Phi) is 6.41. The summed E-state index contributed by atoms with van der Waals surface area (Å²) in [6.07, 6.45) is 3.72. The van der Waals surface area contributed by atoms with Gasteiger partial charge in [0.25, 0.3) is 0 Å². The number of anilines is 1. The van der Waals surface area contributed by atoms with E-state index in [2.05, 4.69) is 14.9 Å². The van der Waals surface area contributed by atoms with Crippen LogP contribution in [0, 0.1) is 5.41 Å². The van der Waals surface area contributed by atoms with Crippen LogP contribution in [0.4, 0.5) is 5.82 Å². The van der Waals surface area contributed by atoms with E-state index in [0.717, 1.165) is 43.3 Å². The molecule has 30 heavy (non-hydrogen) atoms. The van der Waals surface area contributed by atoms with Crippen LogP contribution in [-0.4, -0.2) is 54.0 Å². The second-order valence-corrected chi connectivity index (χ2v) is 9.34. The molecule has 0 radical (unpaired) electrons. The third-order valence-corrected chi connectivity index (χ3v) is 7.69. The number of aromatic nitrogens is 2. The van der Waals surface area contributed by atoms with E-state index in [-0.39, 0.29) is 24.2 Å². The molecule has 0 bridgehead atoms. The second kappa shape index (κ2) is 8.88. The summed E-state index contributed by atoms with van der Waals surface area (Å²) >= 11 is 7.79. The van der Waals surface area contributed by atoms with E-state index in [1.54, 1.807) is 13.3 Å². The van der Waals surface area contributed by atoms with Gasteiger partial charge in [-0.2, -0.15) is 0 Å². The minimum atomic E-state index is -0.177. The third kappa shape index (κ3) is 3.99. The molecule has 2 saturated heterocycles. The van der Waals surface area contributed by atoms with Crippen LogP contribution in [-0.2, 0) is 11.3 Å². The summed E-state index contributed by atoms with van der Waals surface area (Å²) in [5.74, 6) is 1.34. The third-order valence-electron chi connectivity index (χ3n) is 6.22. The van der Waals surface area contributed by atoms with Crippen LogP contribution >= 0.6 is 23.4 Å². The number of methoxy groups -OCH3 is 1. The van der Waals surface area contributed by atoms with Crippen molar-refractivity contribution < 1.29 is 14.6 Å². The Hall–Kier alpha value is -1.58. The lowest BCUT2D eigenvalue weighted by molar-refractivity contribution is 0.0973. The highest BCUT2D eigenvalue weighted by atomic mass is 35.5. The molecule has 9 heteroatoms. The van der Waals surface area contributed by atoms with Crippen LogP contribution in [0.15, 0.2) is 34.3 Å². The number of ether oxygens (including phenoxy) is 2. The molecule has 2 atom stereocenters. The van der Waals surface area contributed by atoms with Crippen molar-refractivity contribution in [3.8, 4) is 5.75 Å². The average molecular weight is 451 g/mol. The molecule has 1 aromatic heterocycles. The van der Waals surface area contributed by atoms with E-state index in [9.17, 15) is 5.11 Å². The Morgan fingerprint density at radius 2 is 2.17 bits per heavy atom. The minimum absolute atomic E-state index is 0.0433. The van der Waals surface area contributed by atoms with Gasteiger partial charge in [0.05, 0.1) is 37.6 Å². The number of aliphatic hydroxyl groups is 1. The molecule has 0 aliphatic carbocycles. The lowest BCUT2D eigenvalue weighted by atomic mass is 9.73. The van der Waals surface area contributed by atoms with Crippen molar-refractivity contribution in [3.05, 3.63) is 35.1 Å². The Balaban J connectivity index is 1.50. The summed E-state index contributed by atoms with van der Waals surface area (Å²) in [6.45, 7) is 4.23. The highest BCUT2D eigenvalue weighted by molar-refractivity contribution is 7.99. The summed E-state index contributed by atoms with van der Waals surface area (Å²) < 4.78 is 11.1. The van der Waals surface area contributed by atoms with Crippen LogP contribution in [0.25, 0.3) is 0 Å². The van der Waals surface area contributed by atoms with Gasteiger partial charge in [-0.3, -0.25) is 0 Å². The quantitative estimate of drug-likeness (QED) is 0.717. The van der Waals surface area contributed by atoms with Crippen molar-refractivity contribution in [1.82, 2.24) is 9.97 Å². The molecule has 0 amide bonds. The van der Waals surface area contributed by atoms with Gasteiger partial charge in [0, 0.05) is 29.4 Å². The van der Waals surface area contributed by atoms with Crippen molar-refractivity contribution >= 4 is 29.2 Å². The largest absolute Gasteiger partial charge is 0.495 e. The van der Waals surface area contributed by atoms with Crippen molar-refractivity contribution in [2.75, 3.05) is 31.7 Å². The van der Waals surface area contributed by atoms with E-state index in [1.165, 1.54) is 11.8 Å². The van der Waals surface area contributed by atoms with Gasteiger partial charge < -0.3 is 25.2 Å². The fourth-order valence-electron chi connectivity index (χ4n) is 4.30. The standard InChI is InChI=1S/C21H27ClN4O3S/c1-13-19(23)21(12-29-13)6-8-26(9-7-21)20-14(11-27)25-17(10-24-20)30-16-5-3-4-15(28-2)18(16)22/h3-5,10,13,19,27H,6-9,11-12,23H2,1-2H3/t13-,19+/m0/s1. The van der Waals surface area contributed by atoms with Gasteiger partial charge in [0.1, 0.15) is 16.5 Å². The first kappa shape index (κ1) is 21.6. The summed E-state index contributed by atoms with van der Waals surface area (Å²) in [6, 6.07) is 5.66. The molecule has 0 unspecified atom stereocenters. The number of nitrogens with two attached hydrogens (primary N) is 1. The normalized spacial score (nSPS) is 23.2. The molecule has 7 nitrogen and oxygen atoms in total. The fourth-order valence-corrected chi connectivity index (χ4v) is 5.44. The van der Waals surface area contributed by atoms with Gasteiger partial charge in [-0.15, -0.1) is 0 Å². The summed E-state index contributed by atoms with van der Waals surface area (Å²) in [4.78, 5) is 12.3. The van der Waals surface area contributed by atoms with E-state index >= 15 is 0 Å². The van der Waals surface area contributed by atoms with Crippen LogP contribution in [0.5, 0.6) is 5.75 Å². The zero-order chi connectivity index (χ0) is 21.3. The number of rotatable bonds is 5. The number of benzene rings is 1. The van der Waals surface area contributed by atoms with Gasteiger partial charge in [-0.05, 0) is 31.9 Å². The zero-order valence-corrected chi connectivity index (χ0v) is 18.7. The van der Waals surface area contributed by atoms with Gasteiger partial charge in [-0.1, -0.05) is 29.4 Å². The van der Waals surface area contributed by atoms with Crippen molar-refractivity contribution in [3.63, 3.8) is 0 Å². The molecule has 162 valence electrons. The van der Waals surface area contributed by atoms with Crippen LogP contribution in [0.1, 0.15) is 25.5 Å². The summed E-state index contributed by atoms with van der Waals surface area (Å²) in [7, 11) is 1.59. The van der Waals surface area contributed by atoms with Crippen molar-refractivity contribution in [1.29, 1.82) is 0 Å². The molecule has 2 aliphatic heterocycles. The number of nitrogens with zero attached hydrogens (tertiary/aromatic N) is 3. The number of aliphatic hydroxyl groups excluding tert-OH is 1. The van der Waals surface area contributed by atoms with E-state index in [0.29, 0.717) is 21.5 Å². The molecular weight excluding hydrogens is 424 g/mol. The molecular formula is C21H27ClN4O3S. The highest BCUT2D eigenvalue weighted by Gasteiger charge is 2.47. The van der Waals surface area contributed by atoms with Gasteiger partial charge in [0.15, 0.2) is 5.82 Å². The van der Waals surface area contributed by atoms with Gasteiger partial charge in [0.2, 0.25) is 0 Å². The Morgan fingerprint density at radius 3 is 2.80 bits per heavy atom. The van der Waals surface area contributed by atoms with Gasteiger partial charge >= 0.3 is 0 Å². The Morgan fingerprint density at radius 1 is 1.40 bits per heavy atom. The number of halogens is 1. The topological polar surface area (TPSA) is 93.7 Å². The van der Waals surface area contributed by atoms with Crippen LogP contribution < -0.4 is 15.4 Å². The number of hydrogen-bond donors (Lipinski definition) is 2. The maximum atomic E-state index is 9.93. The first-order valence-electron chi connectivity index (χ1n) is 10.1. The first-order valence-corrected chi connectivity index (χ1v) is 11.3. The zero-order valence-electron chi connectivity index (χ0n) is 17.2. The molecule has 1 spiro atoms. The van der Waals surface area contributed by atoms with Crippen LogP contribution in [0.2, 0.25) is 5.02 Å². The molecule has 2 aliphatic rings. The predicted molar refractivity (Wildman–Crippen MR) is 117 cm³/mol. The summed E-state index contributed by atoms with van der Waals surface area (Å²) in [5.41, 5.74) is 7.03. The lowest BCUT2D eigenvalue weighted by Gasteiger charge is -2.41. The molecule has 3 N–H and O–H groups in total. The van der Waals surface area contributed by atoms with Crippen LogP contribution in [0.3, 0.4) is 0 Å². The fraction of sp³-hybridized carbons (Fsp3) is 0.524. The van der Waals surface area contributed by atoms with E-state index < -0.39 is 0 Å². The van der Waals surface area contributed by atoms with E-state index in [4.69, 9.17) is 26.8 Å². The smallest absolute Gasteiger partial charge is 0.152 e. The molecule has 1 aromatic carbocycles. The Labute approximate surface area is 185 Å². The van der Waals surface area contributed by atoms with E-state index in [1.807, 2.05) is 25.1 Å². The molecule has 0 saturated carbocycles. The maximum absolute atomic E-state index is 9.93. The highest BCUT2D eigenvalue weighted by Crippen LogP contribution is 2.42. The molecule has 3 heterocycles. The van der Waals surface area contributed by atoms with Gasteiger partial charge in [-0.25, -0.2) is 9.97 Å².